The van der Waals surface area contributed by atoms with Crippen molar-refractivity contribution in [3.05, 3.63) is 59.2 Å². The van der Waals surface area contributed by atoms with E-state index in [-0.39, 0.29) is 11.3 Å². The van der Waals surface area contributed by atoms with Gasteiger partial charge in [-0.2, -0.15) is 0 Å². The fraction of sp³-hybridized carbons (Fsp3) is 0.409. The van der Waals surface area contributed by atoms with Gasteiger partial charge in [0.2, 0.25) is 5.91 Å². The first-order valence-electron chi connectivity index (χ1n) is 8.87. The average molecular weight is 339 g/mol. The quantitative estimate of drug-likeness (QED) is 0.716. The number of carbonyl (C=O) groups is 1. The summed E-state index contributed by atoms with van der Waals surface area (Å²) in [6.45, 7) is 11.1. The second-order valence-corrected chi connectivity index (χ2v) is 7.54. The van der Waals surface area contributed by atoms with Crippen LogP contribution < -0.4 is 10.1 Å². The summed E-state index contributed by atoms with van der Waals surface area (Å²) in [6, 6.07) is 14.2. The minimum atomic E-state index is 0.0316. The molecule has 25 heavy (non-hydrogen) atoms. The largest absolute Gasteiger partial charge is 0.494 e. The summed E-state index contributed by atoms with van der Waals surface area (Å²) in [5, 5.41) is 3.01. The molecule has 0 bridgehead atoms. The van der Waals surface area contributed by atoms with Crippen LogP contribution in [0.2, 0.25) is 0 Å². The Morgan fingerprint density at radius 1 is 1.00 bits per heavy atom. The highest BCUT2D eigenvalue weighted by molar-refractivity contribution is 5.92. The lowest BCUT2D eigenvalue weighted by atomic mass is 9.87. The van der Waals surface area contributed by atoms with Crippen LogP contribution in [-0.4, -0.2) is 12.5 Å². The maximum Gasteiger partial charge on any atom is 0.224 e. The van der Waals surface area contributed by atoms with Crippen molar-refractivity contribution in [2.75, 3.05) is 11.9 Å². The molecule has 0 fully saturated rings. The van der Waals surface area contributed by atoms with Gasteiger partial charge in [-0.05, 0) is 54.5 Å². The standard InChI is InChI=1S/C22H29NO2/c1-16-8-6-9-17(2)21(16)23-20(24)10-7-15-25-19-13-11-18(12-14-19)22(3,4)5/h6,8-9,11-14H,7,10,15H2,1-5H3,(H,23,24). The third-order valence-electron chi connectivity index (χ3n) is 4.28. The van der Waals surface area contributed by atoms with E-state index in [1.54, 1.807) is 0 Å². The second kappa shape index (κ2) is 8.19. The molecule has 0 radical (unpaired) electrons. The Morgan fingerprint density at radius 2 is 1.60 bits per heavy atom. The molecule has 0 aromatic heterocycles. The number of ether oxygens (including phenoxy) is 1. The molecule has 0 saturated carbocycles. The van der Waals surface area contributed by atoms with Crippen molar-refractivity contribution in [2.45, 2.75) is 52.9 Å². The number of amides is 1. The van der Waals surface area contributed by atoms with Gasteiger partial charge >= 0.3 is 0 Å². The number of anilines is 1. The van der Waals surface area contributed by atoms with Gasteiger partial charge in [-0.3, -0.25) is 4.79 Å². The molecule has 0 aliphatic carbocycles. The highest BCUT2D eigenvalue weighted by Gasteiger charge is 2.13. The highest BCUT2D eigenvalue weighted by Crippen LogP contribution is 2.24. The van der Waals surface area contributed by atoms with Crippen molar-refractivity contribution in [3.63, 3.8) is 0 Å². The van der Waals surface area contributed by atoms with Crippen molar-refractivity contribution >= 4 is 11.6 Å². The summed E-state index contributed by atoms with van der Waals surface area (Å²) in [7, 11) is 0. The van der Waals surface area contributed by atoms with Gasteiger partial charge in [-0.25, -0.2) is 0 Å². The number of para-hydroxylation sites is 1. The van der Waals surface area contributed by atoms with Crippen LogP contribution in [0.3, 0.4) is 0 Å². The Bertz CT molecular complexity index is 692. The lowest BCUT2D eigenvalue weighted by Crippen LogP contribution is -2.14. The van der Waals surface area contributed by atoms with Crippen LogP contribution in [-0.2, 0) is 10.2 Å². The van der Waals surface area contributed by atoms with Crippen LogP contribution in [0.15, 0.2) is 42.5 Å². The Balaban J connectivity index is 1.76. The van der Waals surface area contributed by atoms with Gasteiger partial charge in [-0.15, -0.1) is 0 Å². The molecule has 2 aromatic rings. The summed E-state index contributed by atoms with van der Waals surface area (Å²) in [4.78, 5) is 12.1. The predicted molar refractivity (Wildman–Crippen MR) is 104 cm³/mol. The first-order valence-corrected chi connectivity index (χ1v) is 8.87. The molecular weight excluding hydrogens is 310 g/mol. The molecular formula is C22H29NO2. The van der Waals surface area contributed by atoms with Crippen molar-refractivity contribution < 1.29 is 9.53 Å². The smallest absolute Gasteiger partial charge is 0.224 e. The number of nitrogens with one attached hydrogen (secondary N) is 1. The number of rotatable bonds is 6. The van der Waals surface area contributed by atoms with Crippen LogP contribution in [0.25, 0.3) is 0 Å². The zero-order valence-corrected chi connectivity index (χ0v) is 16.0. The minimum Gasteiger partial charge on any atom is -0.494 e. The number of carbonyl (C=O) groups excluding carboxylic acids is 1. The van der Waals surface area contributed by atoms with E-state index in [0.29, 0.717) is 19.4 Å². The van der Waals surface area contributed by atoms with Crippen LogP contribution >= 0.6 is 0 Å². The highest BCUT2D eigenvalue weighted by atomic mass is 16.5. The summed E-state index contributed by atoms with van der Waals surface area (Å²) in [5.41, 5.74) is 4.52. The molecule has 0 unspecified atom stereocenters. The average Bonchev–Trinajstić information content (AvgIpc) is 2.55. The van der Waals surface area contributed by atoms with E-state index in [1.807, 2.05) is 44.2 Å². The third-order valence-corrected chi connectivity index (χ3v) is 4.28. The molecule has 3 nitrogen and oxygen atoms in total. The van der Waals surface area contributed by atoms with E-state index in [0.717, 1.165) is 22.6 Å². The van der Waals surface area contributed by atoms with Crippen LogP contribution in [0.1, 0.15) is 50.3 Å². The summed E-state index contributed by atoms with van der Waals surface area (Å²) >= 11 is 0. The minimum absolute atomic E-state index is 0.0316. The molecule has 1 amide bonds. The zero-order valence-electron chi connectivity index (χ0n) is 16.0. The van der Waals surface area contributed by atoms with Crippen LogP contribution in [0.5, 0.6) is 5.75 Å². The molecule has 0 saturated heterocycles. The number of hydrogen-bond acceptors (Lipinski definition) is 2. The molecule has 2 aromatic carbocycles. The lowest BCUT2D eigenvalue weighted by molar-refractivity contribution is -0.116. The molecule has 0 aliphatic heterocycles. The number of aryl methyl sites for hydroxylation is 2. The van der Waals surface area contributed by atoms with Gasteiger partial charge in [0, 0.05) is 12.1 Å². The zero-order chi connectivity index (χ0) is 18.4. The maximum absolute atomic E-state index is 12.1. The van der Waals surface area contributed by atoms with Crippen molar-refractivity contribution in [1.82, 2.24) is 0 Å². The predicted octanol–water partition coefficient (Wildman–Crippen LogP) is 5.40. The van der Waals surface area contributed by atoms with E-state index in [9.17, 15) is 4.79 Å². The molecule has 0 aliphatic rings. The van der Waals surface area contributed by atoms with E-state index in [2.05, 4.69) is 38.2 Å². The molecule has 0 atom stereocenters. The Labute approximate surface area is 151 Å². The maximum atomic E-state index is 12.1. The summed E-state index contributed by atoms with van der Waals surface area (Å²) in [5.74, 6) is 0.882. The summed E-state index contributed by atoms with van der Waals surface area (Å²) < 4.78 is 5.74. The molecule has 0 heterocycles. The van der Waals surface area contributed by atoms with Crippen LogP contribution in [0, 0.1) is 13.8 Å². The van der Waals surface area contributed by atoms with Crippen LogP contribution in [0.4, 0.5) is 5.69 Å². The molecule has 2 rings (SSSR count). The van der Waals surface area contributed by atoms with Gasteiger partial charge in [0.25, 0.3) is 0 Å². The Morgan fingerprint density at radius 3 is 2.16 bits per heavy atom. The van der Waals surface area contributed by atoms with E-state index in [1.165, 1.54) is 5.56 Å². The van der Waals surface area contributed by atoms with Gasteiger partial charge in [0.1, 0.15) is 5.75 Å². The van der Waals surface area contributed by atoms with Gasteiger partial charge in [0.15, 0.2) is 0 Å². The fourth-order valence-corrected chi connectivity index (χ4v) is 2.69. The normalized spacial score (nSPS) is 11.2. The van der Waals surface area contributed by atoms with Gasteiger partial charge < -0.3 is 10.1 Å². The molecule has 3 heteroatoms. The van der Waals surface area contributed by atoms with Crippen molar-refractivity contribution in [1.29, 1.82) is 0 Å². The molecule has 0 spiro atoms. The Kier molecular flexibility index (Phi) is 6.24. The van der Waals surface area contributed by atoms with Crippen molar-refractivity contribution in [2.24, 2.45) is 0 Å². The van der Waals surface area contributed by atoms with Gasteiger partial charge in [0.05, 0.1) is 6.61 Å². The van der Waals surface area contributed by atoms with E-state index in [4.69, 9.17) is 4.74 Å². The first-order chi connectivity index (χ1) is 11.8. The third kappa shape index (κ3) is 5.63. The summed E-state index contributed by atoms with van der Waals surface area (Å²) in [6.07, 6.45) is 1.14. The lowest BCUT2D eigenvalue weighted by Gasteiger charge is -2.19. The van der Waals surface area contributed by atoms with E-state index >= 15 is 0 Å². The molecule has 134 valence electrons. The van der Waals surface area contributed by atoms with Gasteiger partial charge in [-0.1, -0.05) is 51.1 Å². The topological polar surface area (TPSA) is 38.3 Å². The SMILES string of the molecule is Cc1cccc(C)c1NC(=O)CCCOc1ccc(C(C)(C)C)cc1. The molecule has 1 N–H and O–H groups in total. The Hall–Kier alpha value is -2.29. The number of hydrogen-bond donors (Lipinski definition) is 1. The monoisotopic (exact) mass is 339 g/mol. The van der Waals surface area contributed by atoms with Crippen molar-refractivity contribution in [3.8, 4) is 5.75 Å². The van der Waals surface area contributed by atoms with E-state index < -0.39 is 0 Å². The number of benzene rings is 2. The first kappa shape index (κ1) is 19.0. The second-order valence-electron chi connectivity index (χ2n) is 7.54. The fourth-order valence-electron chi connectivity index (χ4n) is 2.69.